The van der Waals surface area contributed by atoms with Gasteiger partial charge in [-0.2, -0.15) is 0 Å². The molecule has 0 spiro atoms. The van der Waals surface area contributed by atoms with Gasteiger partial charge in [-0.25, -0.2) is 0 Å². The van der Waals surface area contributed by atoms with Crippen molar-refractivity contribution in [3.8, 4) is 0 Å². The second kappa shape index (κ2) is 9.55. The molecule has 3 aromatic rings. The number of carbonyl (C=O) groups excluding carboxylic acids is 1. The number of hydrogen-bond acceptors (Lipinski definition) is 4. The number of benzodiazepines with no additional fused rings is 1. The van der Waals surface area contributed by atoms with E-state index >= 15 is 0 Å². The van der Waals surface area contributed by atoms with Gasteiger partial charge in [0.05, 0.1) is 22.9 Å². The number of non-ortho nitro benzene ring substituents is 1. The Hall–Kier alpha value is -3.51. The summed E-state index contributed by atoms with van der Waals surface area (Å²) >= 11 is 6.38. The van der Waals surface area contributed by atoms with Gasteiger partial charge in [0.15, 0.2) is 0 Å². The lowest BCUT2D eigenvalue weighted by molar-refractivity contribution is -0.384. The van der Waals surface area contributed by atoms with E-state index in [1.165, 1.54) is 12.1 Å². The van der Waals surface area contributed by atoms with E-state index in [1.54, 1.807) is 23.1 Å². The van der Waals surface area contributed by atoms with Crippen LogP contribution in [0.4, 0.5) is 11.4 Å². The van der Waals surface area contributed by atoms with Crippen LogP contribution in [0, 0.1) is 16.0 Å². The van der Waals surface area contributed by atoms with Crippen LogP contribution in [0.3, 0.4) is 0 Å². The van der Waals surface area contributed by atoms with Crippen molar-refractivity contribution in [1.82, 2.24) is 0 Å². The van der Waals surface area contributed by atoms with E-state index in [9.17, 15) is 14.9 Å². The minimum atomic E-state index is -0.588. The summed E-state index contributed by atoms with van der Waals surface area (Å²) in [7, 11) is 0. The number of nitrogens with zero attached hydrogens (tertiary/aromatic N) is 3. The van der Waals surface area contributed by atoms with Crippen molar-refractivity contribution in [3.05, 3.63) is 105 Å². The minimum absolute atomic E-state index is 0.00797. The van der Waals surface area contributed by atoms with Gasteiger partial charge in [-0.3, -0.25) is 19.9 Å². The second-order valence-corrected chi connectivity index (χ2v) is 8.62. The zero-order valence-electron chi connectivity index (χ0n) is 18.4. The Bertz CT molecular complexity index is 1230. The van der Waals surface area contributed by atoms with Gasteiger partial charge in [-0.1, -0.05) is 74.3 Å². The average molecular weight is 462 g/mol. The number of nitro benzene ring substituents is 1. The predicted octanol–water partition coefficient (Wildman–Crippen LogP) is 6.05. The van der Waals surface area contributed by atoms with Crippen LogP contribution in [0.2, 0.25) is 5.02 Å². The largest absolute Gasteiger partial charge is 0.305 e. The molecule has 168 valence electrons. The van der Waals surface area contributed by atoms with E-state index in [4.69, 9.17) is 16.6 Å². The molecule has 7 heteroatoms. The van der Waals surface area contributed by atoms with Crippen molar-refractivity contribution in [2.45, 2.75) is 32.9 Å². The van der Waals surface area contributed by atoms with Crippen molar-refractivity contribution in [1.29, 1.82) is 0 Å². The molecule has 4 rings (SSSR count). The molecule has 0 bridgehead atoms. The first kappa shape index (κ1) is 22.7. The summed E-state index contributed by atoms with van der Waals surface area (Å²) < 4.78 is 0. The topological polar surface area (TPSA) is 75.8 Å². The molecular weight excluding hydrogens is 438 g/mol. The Kier molecular flexibility index (Phi) is 6.56. The van der Waals surface area contributed by atoms with Crippen LogP contribution in [-0.4, -0.2) is 22.6 Å². The SMILES string of the molecule is CC[C@@H](C)[C@H]1N=C(c2ccccc2)c2cc(Cl)ccc2N(Cc2cccc([N+](=O)[O-])c2)C1=O. The highest BCUT2D eigenvalue weighted by atomic mass is 35.5. The molecule has 0 N–H and O–H groups in total. The molecule has 1 aliphatic heterocycles. The van der Waals surface area contributed by atoms with E-state index in [1.807, 2.05) is 56.3 Å². The summed E-state index contributed by atoms with van der Waals surface area (Å²) in [4.78, 5) is 31.3. The van der Waals surface area contributed by atoms with Gasteiger partial charge in [0.1, 0.15) is 6.04 Å². The first-order chi connectivity index (χ1) is 15.9. The molecule has 6 nitrogen and oxygen atoms in total. The lowest BCUT2D eigenvalue weighted by Crippen LogP contribution is -2.40. The molecule has 0 unspecified atom stereocenters. The van der Waals surface area contributed by atoms with Crippen LogP contribution in [0.1, 0.15) is 37.0 Å². The number of nitro groups is 1. The van der Waals surface area contributed by atoms with Crippen molar-refractivity contribution in [2.75, 3.05) is 4.90 Å². The summed E-state index contributed by atoms with van der Waals surface area (Å²) in [6, 6.07) is 20.9. The number of anilines is 1. The van der Waals surface area contributed by atoms with E-state index in [0.29, 0.717) is 22.0 Å². The van der Waals surface area contributed by atoms with E-state index in [2.05, 4.69) is 0 Å². The summed E-state index contributed by atoms with van der Waals surface area (Å²) in [5, 5.41) is 11.8. The van der Waals surface area contributed by atoms with Gasteiger partial charge in [-0.15, -0.1) is 0 Å². The first-order valence-corrected chi connectivity index (χ1v) is 11.2. The normalized spacial score (nSPS) is 16.6. The van der Waals surface area contributed by atoms with Crippen LogP contribution in [0.15, 0.2) is 77.8 Å². The highest BCUT2D eigenvalue weighted by molar-refractivity contribution is 6.32. The fourth-order valence-corrected chi connectivity index (χ4v) is 4.18. The van der Waals surface area contributed by atoms with Gasteiger partial charge in [0, 0.05) is 28.3 Å². The van der Waals surface area contributed by atoms with Gasteiger partial charge in [0.25, 0.3) is 11.6 Å². The summed E-state index contributed by atoms with van der Waals surface area (Å²) in [6.07, 6.45) is 0.781. The highest BCUT2D eigenvalue weighted by Gasteiger charge is 2.35. The number of halogens is 1. The Morgan fingerprint density at radius 1 is 1.09 bits per heavy atom. The van der Waals surface area contributed by atoms with Crippen molar-refractivity contribution in [2.24, 2.45) is 10.9 Å². The summed E-state index contributed by atoms with van der Waals surface area (Å²) in [5.41, 5.74) is 3.73. The molecule has 2 atom stereocenters. The van der Waals surface area contributed by atoms with E-state index in [0.717, 1.165) is 17.5 Å². The Morgan fingerprint density at radius 3 is 2.55 bits per heavy atom. The third-order valence-electron chi connectivity index (χ3n) is 5.98. The number of benzene rings is 3. The lowest BCUT2D eigenvalue weighted by atomic mass is 9.97. The third-order valence-corrected chi connectivity index (χ3v) is 6.22. The van der Waals surface area contributed by atoms with Gasteiger partial charge in [0.2, 0.25) is 0 Å². The lowest BCUT2D eigenvalue weighted by Gasteiger charge is -2.27. The molecule has 0 aromatic heterocycles. The Labute approximate surface area is 197 Å². The molecule has 3 aromatic carbocycles. The standard InChI is InChI=1S/C26H24ClN3O3/c1-3-17(2)24-26(31)29(16-18-8-7-11-21(14-18)30(32)33)23-13-12-20(27)15-22(23)25(28-24)19-9-5-4-6-10-19/h4-15,17,24H,3,16H2,1-2H3/t17-,24-/m1/s1. The van der Waals surface area contributed by atoms with Crippen molar-refractivity contribution >= 4 is 34.6 Å². The fraction of sp³-hybridized carbons (Fsp3) is 0.231. The molecule has 0 saturated heterocycles. The fourth-order valence-electron chi connectivity index (χ4n) is 4.01. The maximum absolute atomic E-state index is 13.8. The zero-order valence-corrected chi connectivity index (χ0v) is 19.2. The number of rotatable bonds is 6. The number of carbonyl (C=O) groups is 1. The molecule has 1 aliphatic rings. The quantitative estimate of drug-likeness (QED) is 0.331. The van der Waals surface area contributed by atoms with Gasteiger partial charge < -0.3 is 4.90 Å². The van der Waals surface area contributed by atoms with Gasteiger partial charge >= 0.3 is 0 Å². The molecule has 0 saturated carbocycles. The van der Waals surface area contributed by atoms with Crippen molar-refractivity contribution in [3.63, 3.8) is 0 Å². The van der Waals surface area contributed by atoms with E-state index < -0.39 is 11.0 Å². The maximum atomic E-state index is 13.8. The summed E-state index contributed by atoms with van der Waals surface area (Å²) in [6.45, 7) is 4.25. The van der Waals surface area contributed by atoms with Crippen LogP contribution in [0.25, 0.3) is 0 Å². The third kappa shape index (κ3) is 4.66. The van der Waals surface area contributed by atoms with Crippen LogP contribution < -0.4 is 4.90 Å². The number of hydrogen-bond donors (Lipinski definition) is 0. The monoisotopic (exact) mass is 461 g/mol. The number of fused-ring (bicyclic) bond motifs is 1. The molecule has 1 heterocycles. The number of aliphatic imine (C=N–C) groups is 1. The average Bonchev–Trinajstić information content (AvgIpc) is 2.94. The van der Waals surface area contributed by atoms with Crippen LogP contribution >= 0.6 is 11.6 Å². The van der Waals surface area contributed by atoms with Crippen LogP contribution in [-0.2, 0) is 11.3 Å². The smallest absolute Gasteiger partial charge is 0.269 e. The van der Waals surface area contributed by atoms with Crippen molar-refractivity contribution < 1.29 is 9.72 Å². The van der Waals surface area contributed by atoms with Crippen LogP contribution in [0.5, 0.6) is 0 Å². The first-order valence-electron chi connectivity index (χ1n) is 10.9. The maximum Gasteiger partial charge on any atom is 0.269 e. The second-order valence-electron chi connectivity index (χ2n) is 8.19. The molecule has 0 fully saturated rings. The highest BCUT2D eigenvalue weighted by Crippen LogP contribution is 2.34. The zero-order chi connectivity index (χ0) is 23.5. The summed E-state index contributed by atoms with van der Waals surface area (Å²) in [5.74, 6) is -0.126. The molecule has 1 amide bonds. The predicted molar refractivity (Wildman–Crippen MR) is 131 cm³/mol. The van der Waals surface area contributed by atoms with E-state index in [-0.39, 0.29) is 24.1 Å². The minimum Gasteiger partial charge on any atom is -0.305 e. The molecule has 0 aliphatic carbocycles. The molecule has 33 heavy (non-hydrogen) atoms. The Balaban J connectivity index is 1.89. The molecular formula is C26H24ClN3O3. The number of amides is 1. The van der Waals surface area contributed by atoms with Gasteiger partial charge in [-0.05, 0) is 29.7 Å². The Morgan fingerprint density at radius 2 is 1.85 bits per heavy atom. The molecule has 0 radical (unpaired) electrons.